The van der Waals surface area contributed by atoms with Gasteiger partial charge in [0, 0.05) is 26.1 Å². The van der Waals surface area contributed by atoms with E-state index in [4.69, 9.17) is 0 Å². The molecule has 1 saturated heterocycles. The van der Waals surface area contributed by atoms with Crippen molar-refractivity contribution in [3.8, 4) is 11.1 Å². The summed E-state index contributed by atoms with van der Waals surface area (Å²) < 4.78 is 0. The van der Waals surface area contributed by atoms with Crippen molar-refractivity contribution in [2.75, 3.05) is 29.9 Å². The molecule has 1 amide bonds. The summed E-state index contributed by atoms with van der Waals surface area (Å²) in [6.45, 7) is 2.76. The van der Waals surface area contributed by atoms with E-state index in [0.717, 1.165) is 31.0 Å². The maximum absolute atomic E-state index is 12.1. The molecule has 2 aliphatic rings. The summed E-state index contributed by atoms with van der Waals surface area (Å²) in [6, 6.07) is 16.9. The van der Waals surface area contributed by atoms with Gasteiger partial charge in [-0.3, -0.25) is 4.79 Å². The second kappa shape index (κ2) is 5.46. The van der Waals surface area contributed by atoms with Gasteiger partial charge in [-0.15, -0.1) is 0 Å². The minimum absolute atomic E-state index is 0.102. The van der Waals surface area contributed by atoms with E-state index in [9.17, 15) is 4.79 Å². The van der Waals surface area contributed by atoms with Crippen LogP contribution >= 0.6 is 0 Å². The Morgan fingerprint density at radius 2 is 1.91 bits per heavy atom. The summed E-state index contributed by atoms with van der Waals surface area (Å²) >= 11 is 0. The summed E-state index contributed by atoms with van der Waals surface area (Å²) in [5.74, 6) is 0.102. The zero-order chi connectivity index (χ0) is 14.9. The molecular formula is C18H19N3O. The van der Waals surface area contributed by atoms with E-state index in [2.05, 4.69) is 51.9 Å². The second-order valence-electron chi connectivity index (χ2n) is 5.90. The van der Waals surface area contributed by atoms with Crippen molar-refractivity contribution in [2.24, 2.45) is 0 Å². The molecule has 1 unspecified atom stereocenters. The van der Waals surface area contributed by atoms with Gasteiger partial charge in [0.25, 0.3) is 0 Å². The van der Waals surface area contributed by atoms with Gasteiger partial charge in [0.05, 0.1) is 17.4 Å². The standard InChI is InChI=1S/C18H19N3O/c22-18-11-15-12-19-8-9-21(15)17-10-14(6-7-16(17)20-18)13-4-2-1-3-5-13/h1-7,10,15,19H,8-9,11-12H2,(H,20,22). The van der Waals surface area contributed by atoms with E-state index in [1.165, 1.54) is 11.1 Å². The van der Waals surface area contributed by atoms with E-state index in [1.54, 1.807) is 0 Å². The first-order valence-corrected chi connectivity index (χ1v) is 7.78. The van der Waals surface area contributed by atoms with Crippen molar-refractivity contribution in [1.29, 1.82) is 0 Å². The van der Waals surface area contributed by atoms with Crippen LogP contribution in [-0.2, 0) is 4.79 Å². The van der Waals surface area contributed by atoms with Crippen molar-refractivity contribution in [2.45, 2.75) is 12.5 Å². The molecule has 0 aliphatic carbocycles. The number of carbonyl (C=O) groups is 1. The third-order valence-electron chi connectivity index (χ3n) is 4.46. The minimum atomic E-state index is 0.102. The Bertz CT molecular complexity index is 699. The number of anilines is 2. The number of piperazine rings is 1. The van der Waals surface area contributed by atoms with Gasteiger partial charge in [-0.1, -0.05) is 36.4 Å². The number of nitrogens with one attached hydrogen (secondary N) is 2. The average Bonchev–Trinajstić information content (AvgIpc) is 2.70. The number of amides is 1. The second-order valence-corrected chi connectivity index (χ2v) is 5.90. The fourth-order valence-corrected chi connectivity index (χ4v) is 3.36. The van der Waals surface area contributed by atoms with E-state index in [0.29, 0.717) is 6.42 Å². The van der Waals surface area contributed by atoms with Crippen LogP contribution in [0.15, 0.2) is 48.5 Å². The minimum Gasteiger partial charge on any atom is -0.364 e. The van der Waals surface area contributed by atoms with Gasteiger partial charge < -0.3 is 15.5 Å². The topological polar surface area (TPSA) is 44.4 Å². The normalized spacial score (nSPS) is 20.6. The molecule has 4 nitrogen and oxygen atoms in total. The molecule has 2 aliphatic heterocycles. The molecule has 4 rings (SSSR count). The van der Waals surface area contributed by atoms with Crippen LogP contribution < -0.4 is 15.5 Å². The van der Waals surface area contributed by atoms with E-state index in [-0.39, 0.29) is 11.9 Å². The van der Waals surface area contributed by atoms with Crippen molar-refractivity contribution in [3.63, 3.8) is 0 Å². The maximum atomic E-state index is 12.1. The molecule has 112 valence electrons. The Balaban J connectivity index is 1.80. The van der Waals surface area contributed by atoms with Crippen LogP contribution in [0.4, 0.5) is 11.4 Å². The molecule has 2 aromatic rings. The molecule has 2 aromatic carbocycles. The Morgan fingerprint density at radius 3 is 2.77 bits per heavy atom. The number of fused-ring (bicyclic) bond motifs is 3. The number of benzene rings is 2. The predicted octanol–water partition coefficient (Wildman–Crippen LogP) is 2.47. The van der Waals surface area contributed by atoms with Gasteiger partial charge in [-0.25, -0.2) is 0 Å². The van der Waals surface area contributed by atoms with Gasteiger partial charge in [-0.05, 0) is 23.3 Å². The highest BCUT2D eigenvalue weighted by molar-refractivity contribution is 5.97. The lowest BCUT2D eigenvalue weighted by Gasteiger charge is -2.36. The van der Waals surface area contributed by atoms with Crippen LogP contribution in [-0.4, -0.2) is 31.6 Å². The van der Waals surface area contributed by atoms with Crippen LogP contribution in [0.3, 0.4) is 0 Å². The van der Waals surface area contributed by atoms with E-state index >= 15 is 0 Å². The van der Waals surface area contributed by atoms with Gasteiger partial charge in [0.1, 0.15) is 0 Å². The molecule has 2 N–H and O–H groups in total. The number of rotatable bonds is 1. The van der Waals surface area contributed by atoms with Gasteiger partial charge >= 0.3 is 0 Å². The zero-order valence-electron chi connectivity index (χ0n) is 12.4. The maximum Gasteiger partial charge on any atom is 0.226 e. The quantitative estimate of drug-likeness (QED) is 0.849. The summed E-state index contributed by atoms with van der Waals surface area (Å²) in [4.78, 5) is 14.5. The van der Waals surface area contributed by atoms with Crippen LogP contribution in [0.25, 0.3) is 11.1 Å². The first-order valence-electron chi connectivity index (χ1n) is 7.78. The zero-order valence-corrected chi connectivity index (χ0v) is 12.4. The van der Waals surface area contributed by atoms with Gasteiger partial charge in [-0.2, -0.15) is 0 Å². The first kappa shape index (κ1) is 13.3. The lowest BCUT2D eigenvalue weighted by molar-refractivity contribution is -0.116. The number of carbonyl (C=O) groups excluding carboxylic acids is 1. The molecule has 0 bridgehead atoms. The molecule has 1 fully saturated rings. The fraction of sp³-hybridized carbons (Fsp3) is 0.278. The Hall–Kier alpha value is -2.33. The Labute approximate surface area is 130 Å². The summed E-state index contributed by atoms with van der Waals surface area (Å²) in [5, 5.41) is 6.44. The third-order valence-corrected chi connectivity index (χ3v) is 4.46. The SMILES string of the molecule is O=C1CC2CNCCN2c2cc(-c3ccccc3)ccc2N1. The molecule has 0 spiro atoms. The average molecular weight is 293 g/mol. The molecule has 4 heteroatoms. The third kappa shape index (κ3) is 2.35. The summed E-state index contributed by atoms with van der Waals surface area (Å²) in [7, 11) is 0. The van der Waals surface area contributed by atoms with Crippen molar-refractivity contribution >= 4 is 17.3 Å². The number of nitrogens with zero attached hydrogens (tertiary/aromatic N) is 1. The fourth-order valence-electron chi connectivity index (χ4n) is 3.36. The highest BCUT2D eigenvalue weighted by Crippen LogP contribution is 2.35. The molecular weight excluding hydrogens is 274 g/mol. The molecule has 0 aromatic heterocycles. The van der Waals surface area contributed by atoms with Crippen molar-refractivity contribution < 1.29 is 4.79 Å². The number of hydrogen-bond acceptors (Lipinski definition) is 3. The van der Waals surface area contributed by atoms with Crippen LogP contribution in [0.5, 0.6) is 0 Å². The highest BCUT2D eigenvalue weighted by Gasteiger charge is 2.30. The van der Waals surface area contributed by atoms with Crippen molar-refractivity contribution in [1.82, 2.24) is 5.32 Å². The van der Waals surface area contributed by atoms with Gasteiger partial charge in [0.2, 0.25) is 5.91 Å². The van der Waals surface area contributed by atoms with Gasteiger partial charge in [0.15, 0.2) is 0 Å². The summed E-state index contributed by atoms with van der Waals surface area (Å²) in [5.41, 5.74) is 4.45. The molecule has 0 radical (unpaired) electrons. The monoisotopic (exact) mass is 293 g/mol. The molecule has 0 saturated carbocycles. The largest absolute Gasteiger partial charge is 0.364 e. The van der Waals surface area contributed by atoms with E-state index in [1.807, 2.05) is 12.1 Å². The number of hydrogen-bond donors (Lipinski definition) is 2. The summed E-state index contributed by atoms with van der Waals surface area (Å²) in [6.07, 6.45) is 0.544. The van der Waals surface area contributed by atoms with Crippen LogP contribution in [0, 0.1) is 0 Å². The highest BCUT2D eigenvalue weighted by atomic mass is 16.1. The Kier molecular flexibility index (Phi) is 3.31. The van der Waals surface area contributed by atoms with Crippen molar-refractivity contribution in [3.05, 3.63) is 48.5 Å². The Morgan fingerprint density at radius 1 is 1.05 bits per heavy atom. The molecule has 22 heavy (non-hydrogen) atoms. The van der Waals surface area contributed by atoms with Crippen LogP contribution in [0.1, 0.15) is 6.42 Å². The first-order chi connectivity index (χ1) is 10.8. The predicted molar refractivity (Wildman–Crippen MR) is 89.1 cm³/mol. The van der Waals surface area contributed by atoms with E-state index < -0.39 is 0 Å². The molecule has 1 atom stereocenters. The lowest BCUT2D eigenvalue weighted by Crippen LogP contribution is -2.51. The smallest absolute Gasteiger partial charge is 0.226 e. The molecule has 2 heterocycles. The van der Waals surface area contributed by atoms with Crippen LogP contribution in [0.2, 0.25) is 0 Å². The lowest BCUT2D eigenvalue weighted by atomic mass is 10.0.